The quantitative estimate of drug-likeness (QED) is 0.661. The molecule has 0 bridgehead atoms. The van der Waals surface area contributed by atoms with E-state index in [0.29, 0.717) is 32.0 Å². The first kappa shape index (κ1) is 20.7. The van der Waals surface area contributed by atoms with Crippen LogP contribution in [0.5, 0.6) is 11.5 Å². The molecule has 0 aliphatic carbocycles. The predicted octanol–water partition coefficient (Wildman–Crippen LogP) is 3.26. The van der Waals surface area contributed by atoms with E-state index in [4.69, 9.17) is 9.47 Å². The molecule has 162 valence electrons. The zero-order valence-electron chi connectivity index (χ0n) is 18.0. The van der Waals surface area contributed by atoms with E-state index in [0.717, 1.165) is 28.5 Å². The van der Waals surface area contributed by atoms with Gasteiger partial charge >= 0.3 is 6.03 Å². The van der Waals surface area contributed by atoms with Gasteiger partial charge in [0.25, 0.3) is 0 Å². The van der Waals surface area contributed by atoms with Gasteiger partial charge in [-0.05, 0) is 50.6 Å². The lowest BCUT2D eigenvalue weighted by atomic mass is 10.2. The maximum atomic E-state index is 12.7. The Morgan fingerprint density at radius 2 is 2.03 bits per heavy atom. The van der Waals surface area contributed by atoms with Crippen LogP contribution in [0.25, 0.3) is 5.82 Å². The Labute approximate surface area is 181 Å². The summed E-state index contributed by atoms with van der Waals surface area (Å²) in [6.45, 7) is 7.73. The van der Waals surface area contributed by atoms with Crippen LogP contribution < -0.4 is 14.8 Å². The summed E-state index contributed by atoms with van der Waals surface area (Å²) in [4.78, 5) is 18.9. The zero-order valence-corrected chi connectivity index (χ0v) is 18.0. The smallest absolute Gasteiger partial charge is 0.317 e. The lowest BCUT2D eigenvalue weighted by Crippen LogP contribution is -2.47. The van der Waals surface area contributed by atoms with Gasteiger partial charge in [0.05, 0.1) is 12.2 Å². The molecule has 2 amide bonds. The third-order valence-corrected chi connectivity index (χ3v) is 5.14. The van der Waals surface area contributed by atoms with Crippen molar-refractivity contribution < 1.29 is 14.3 Å². The van der Waals surface area contributed by atoms with Crippen LogP contribution in [0.2, 0.25) is 0 Å². The molecule has 2 aromatic heterocycles. The molecule has 1 atom stereocenters. The second-order valence-corrected chi connectivity index (χ2v) is 7.56. The number of pyridine rings is 1. The number of para-hydroxylation sites is 2. The second kappa shape index (κ2) is 9.07. The molecule has 1 aliphatic rings. The van der Waals surface area contributed by atoms with Crippen molar-refractivity contribution in [3.05, 3.63) is 65.6 Å². The van der Waals surface area contributed by atoms with Crippen LogP contribution in [0.15, 0.2) is 48.7 Å². The van der Waals surface area contributed by atoms with Crippen LogP contribution in [0.3, 0.4) is 0 Å². The highest BCUT2D eigenvalue weighted by molar-refractivity contribution is 5.74. The number of urea groups is 1. The number of benzene rings is 1. The fraction of sp³-hybridized carbons (Fsp3) is 0.348. The molecule has 8 heteroatoms. The number of fused-ring (bicyclic) bond motifs is 1. The summed E-state index contributed by atoms with van der Waals surface area (Å²) < 4.78 is 13.5. The molecule has 1 N–H and O–H groups in total. The maximum Gasteiger partial charge on any atom is 0.317 e. The number of carbonyl (C=O) groups is 1. The Morgan fingerprint density at radius 3 is 2.71 bits per heavy atom. The predicted molar refractivity (Wildman–Crippen MR) is 117 cm³/mol. The summed E-state index contributed by atoms with van der Waals surface area (Å²) in [6.07, 6.45) is 1.56. The molecule has 0 fully saturated rings. The van der Waals surface area contributed by atoms with E-state index in [9.17, 15) is 4.79 Å². The summed E-state index contributed by atoms with van der Waals surface area (Å²) in [5.74, 6) is 2.21. The van der Waals surface area contributed by atoms with Crippen LogP contribution in [0, 0.1) is 13.8 Å². The highest BCUT2D eigenvalue weighted by atomic mass is 16.6. The van der Waals surface area contributed by atoms with Gasteiger partial charge in [-0.15, -0.1) is 0 Å². The highest BCUT2D eigenvalue weighted by Gasteiger charge is 2.24. The molecule has 1 aliphatic heterocycles. The van der Waals surface area contributed by atoms with E-state index in [1.54, 1.807) is 15.8 Å². The first-order chi connectivity index (χ1) is 15.0. The van der Waals surface area contributed by atoms with Gasteiger partial charge in [0.2, 0.25) is 0 Å². The van der Waals surface area contributed by atoms with Crippen molar-refractivity contribution in [1.29, 1.82) is 0 Å². The van der Waals surface area contributed by atoms with Crippen molar-refractivity contribution >= 4 is 6.03 Å². The largest absolute Gasteiger partial charge is 0.486 e. The Hall–Kier alpha value is -3.55. The van der Waals surface area contributed by atoms with Gasteiger partial charge in [-0.2, -0.15) is 5.10 Å². The van der Waals surface area contributed by atoms with Crippen LogP contribution in [-0.2, 0) is 6.54 Å². The van der Waals surface area contributed by atoms with Crippen molar-refractivity contribution in [2.24, 2.45) is 0 Å². The number of nitrogens with zero attached hydrogens (tertiary/aromatic N) is 4. The summed E-state index contributed by atoms with van der Waals surface area (Å²) in [5.41, 5.74) is 2.90. The van der Waals surface area contributed by atoms with Gasteiger partial charge in [-0.1, -0.05) is 18.2 Å². The van der Waals surface area contributed by atoms with E-state index >= 15 is 0 Å². The van der Waals surface area contributed by atoms with Gasteiger partial charge in [0.15, 0.2) is 23.4 Å². The average Bonchev–Trinajstić information content (AvgIpc) is 3.13. The van der Waals surface area contributed by atoms with Crippen LogP contribution in [0.1, 0.15) is 23.9 Å². The van der Waals surface area contributed by atoms with Crippen molar-refractivity contribution in [3.8, 4) is 17.3 Å². The fourth-order valence-corrected chi connectivity index (χ4v) is 3.55. The van der Waals surface area contributed by atoms with Crippen LogP contribution in [-0.4, -0.2) is 51.5 Å². The average molecular weight is 422 g/mol. The first-order valence-corrected chi connectivity index (χ1v) is 10.4. The lowest BCUT2D eigenvalue weighted by Gasteiger charge is -2.31. The molecule has 31 heavy (non-hydrogen) atoms. The highest BCUT2D eigenvalue weighted by Crippen LogP contribution is 2.31. The number of aromatic nitrogens is 3. The van der Waals surface area contributed by atoms with Crippen LogP contribution >= 0.6 is 0 Å². The SMILES string of the molecule is CCN(CC1COc2ccccc2O1)C(=O)NCc1ccc(-n2nc(C)cc2C)nc1. The number of likely N-dealkylation sites (N-methyl/N-ethyl adjacent to an activating group) is 1. The van der Waals surface area contributed by atoms with Gasteiger partial charge in [0.1, 0.15) is 6.61 Å². The maximum absolute atomic E-state index is 12.7. The Bertz CT molecular complexity index is 1050. The van der Waals surface area contributed by atoms with Crippen molar-refractivity contribution in [3.63, 3.8) is 0 Å². The molecular weight excluding hydrogens is 394 g/mol. The topological polar surface area (TPSA) is 81.5 Å². The van der Waals surface area contributed by atoms with Gasteiger partial charge in [-0.3, -0.25) is 0 Å². The number of nitrogens with one attached hydrogen (secondary N) is 1. The molecular formula is C23H27N5O3. The summed E-state index contributed by atoms with van der Waals surface area (Å²) in [5, 5.41) is 7.41. The first-order valence-electron chi connectivity index (χ1n) is 10.4. The van der Waals surface area contributed by atoms with Gasteiger partial charge in [0, 0.05) is 25.0 Å². The Morgan fingerprint density at radius 1 is 1.23 bits per heavy atom. The third kappa shape index (κ3) is 4.79. The van der Waals surface area contributed by atoms with E-state index < -0.39 is 0 Å². The minimum Gasteiger partial charge on any atom is -0.486 e. The number of ether oxygens (including phenoxy) is 2. The molecule has 1 unspecified atom stereocenters. The van der Waals surface area contributed by atoms with Crippen molar-refractivity contribution in [1.82, 2.24) is 25.0 Å². The normalized spacial score (nSPS) is 14.9. The summed E-state index contributed by atoms with van der Waals surface area (Å²) in [7, 11) is 0. The fourth-order valence-electron chi connectivity index (χ4n) is 3.55. The third-order valence-electron chi connectivity index (χ3n) is 5.14. The minimum absolute atomic E-state index is 0.146. The number of hydrogen-bond donors (Lipinski definition) is 1. The number of rotatable bonds is 6. The number of hydrogen-bond acceptors (Lipinski definition) is 5. The number of carbonyl (C=O) groups excluding carboxylic acids is 1. The lowest BCUT2D eigenvalue weighted by molar-refractivity contribution is 0.0675. The summed E-state index contributed by atoms with van der Waals surface area (Å²) in [6, 6.07) is 13.3. The number of aryl methyl sites for hydroxylation is 2. The molecule has 0 saturated heterocycles. The van der Waals surface area contributed by atoms with E-state index in [1.807, 2.05) is 63.2 Å². The van der Waals surface area contributed by atoms with Gasteiger partial charge < -0.3 is 19.7 Å². The second-order valence-electron chi connectivity index (χ2n) is 7.56. The van der Waals surface area contributed by atoms with Crippen LogP contribution in [0.4, 0.5) is 4.79 Å². The molecule has 0 spiro atoms. The molecule has 1 aromatic carbocycles. The van der Waals surface area contributed by atoms with Crippen molar-refractivity contribution in [2.75, 3.05) is 19.7 Å². The standard InChI is InChI=1S/C23H27N5O3/c1-4-27(14-19-15-30-20-7-5-6-8-21(20)31-19)23(29)25-13-18-9-10-22(24-12-18)28-17(3)11-16(2)26-28/h5-12,19H,4,13-15H2,1-3H3,(H,25,29). The van der Waals surface area contributed by atoms with E-state index in [2.05, 4.69) is 15.4 Å². The van der Waals surface area contributed by atoms with Crippen molar-refractivity contribution in [2.45, 2.75) is 33.4 Å². The van der Waals surface area contributed by atoms with E-state index in [1.165, 1.54) is 0 Å². The molecule has 3 heterocycles. The summed E-state index contributed by atoms with van der Waals surface area (Å²) >= 11 is 0. The molecule has 0 radical (unpaired) electrons. The Balaban J connectivity index is 1.31. The minimum atomic E-state index is -0.206. The molecule has 3 aromatic rings. The monoisotopic (exact) mass is 421 g/mol. The number of amides is 2. The van der Waals surface area contributed by atoms with Gasteiger partial charge in [-0.25, -0.2) is 14.5 Å². The molecule has 4 rings (SSSR count). The Kier molecular flexibility index (Phi) is 6.06. The van der Waals surface area contributed by atoms with E-state index in [-0.39, 0.29) is 12.1 Å². The molecule has 8 nitrogen and oxygen atoms in total. The molecule has 0 saturated carbocycles. The zero-order chi connectivity index (χ0) is 21.8.